The number of furan rings is 1. The molecule has 1 aromatic carbocycles. The van der Waals surface area contributed by atoms with E-state index in [1.165, 1.54) is 12.3 Å². The summed E-state index contributed by atoms with van der Waals surface area (Å²) >= 11 is 0. The van der Waals surface area contributed by atoms with Crippen LogP contribution < -0.4 is 16.2 Å². The molecule has 0 fully saturated rings. The van der Waals surface area contributed by atoms with Crippen molar-refractivity contribution in [3.05, 3.63) is 64.6 Å². The molecule has 3 aromatic rings. The van der Waals surface area contributed by atoms with Crippen LogP contribution in [0.2, 0.25) is 0 Å². The number of para-hydroxylation sites is 1. The molecule has 2 N–H and O–H groups in total. The molecule has 0 saturated heterocycles. The van der Waals surface area contributed by atoms with Crippen molar-refractivity contribution in [3.8, 4) is 11.5 Å². The van der Waals surface area contributed by atoms with Crippen LogP contribution in [0.5, 0.6) is 0 Å². The molecule has 0 bridgehead atoms. The van der Waals surface area contributed by atoms with Gasteiger partial charge in [-0.3, -0.25) is 9.59 Å². The highest BCUT2D eigenvalue weighted by atomic mass is 16.3. The minimum atomic E-state index is -0.786. The van der Waals surface area contributed by atoms with Crippen molar-refractivity contribution < 1.29 is 9.21 Å². The van der Waals surface area contributed by atoms with Gasteiger partial charge in [0, 0.05) is 12.2 Å². The summed E-state index contributed by atoms with van der Waals surface area (Å²) in [5, 5.41) is 4.31. The molecular weight excluding hydrogens is 332 g/mol. The van der Waals surface area contributed by atoms with E-state index < -0.39 is 11.6 Å². The van der Waals surface area contributed by atoms with Gasteiger partial charge in [0.2, 0.25) is 0 Å². The first-order valence-electron chi connectivity index (χ1n) is 8.39. The number of carbonyl (C=O) groups excluding carboxylic acids is 1. The summed E-state index contributed by atoms with van der Waals surface area (Å²) in [7, 11) is 0. The number of nitrogens with zero attached hydrogens (tertiary/aromatic N) is 3. The molecule has 1 amide bonds. The fourth-order valence-electron chi connectivity index (χ4n) is 3.24. The fourth-order valence-corrected chi connectivity index (χ4v) is 3.24. The van der Waals surface area contributed by atoms with E-state index >= 15 is 0 Å². The van der Waals surface area contributed by atoms with E-state index in [0.29, 0.717) is 18.0 Å². The summed E-state index contributed by atoms with van der Waals surface area (Å²) in [4.78, 5) is 27.2. The Morgan fingerprint density at radius 1 is 1.27 bits per heavy atom. The van der Waals surface area contributed by atoms with Crippen molar-refractivity contribution in [3.63, 3.8) is 0 Å². The Bertz CT molecular complexity index is 1020. The second-order valence-electron chi connectivity index (χ2n) is 6.26. The van der Waals surface area contributed by atoms with Crippen LogP contribution in [0.1, 0.15) is 18.5 Å². The van der Waals surface area contributed by atoms with E-state index in [9.17, 15) is 9.59 Å². The van der Waals surface area contributed by atoms with E-state index in [1.807, 2.05) is 24.3 Å². The predicted molar refractivity (Wildman–Crippen MR) is 97.8 cm³/mol. The van der Waals surface area contributed by atoms with Gasteiger partial charge in [-0.15, -0.1) is 0 Å². The van der Waals surface area contributed by atoms with E-state index in [4.69, 9.17) is 10.2 Å². The van der Waals surface area contributed by atoms with Crippen LogP contribution >= 0.6 is 0 Å². The summed E-state index contributed by atoms with van der Waals surface area (Å²) in [6.45, 7) is 2.24. The maximum atomic E-state index is 13.0. The monoisotopic (exact) mass is 350 g/mol. The Morgan fingerprint density at radius 2 is 2.08 bits per heavy atom. The largest absolute Gasteiger partial charge is 0.463 e. The minimum absolute atomic E-state index is 0.0212. The van der Waals surface area contributed by atoms with Gasteiger partial charge in [-0.05, 0) is 43.2 Å². The average Bonchev–Trinajstić information content (AvgIpc) is 3.32. The Hall–Kier alpha value is -3.35. The van der Waals surface area contributed by atoms with Crippen LogP contribution in [0.15, 0.2) is 57.9 Å². The number of fused-ring (bicyclic) bond motifs is 1. The normalized spacial score (nSPS) is 14.3. The van der Waals surface area contributed by atoms with Crippen LogP contribution in [0, 0.1) is 0 Å². The van der Waals surface area contributed by atoms with Crippen molar-refractivity contribution in [2.75, 3.05) is 17.2 Å². The number of hydrogen-bond acceptors (Lipinski definition) is 5. The lowest BCUT2D eigenvalue weighted by Gasteiger charge is -2.22. The summed E-state index contributed by atoms with van der Waals surface area (Å²) in [6, 6.07) is 11.9. The number of anilines is 2. The molecule has 1 atom stereocenters. The third-order valence-electron chi connectivity index (χ3n) is 4.61. The highest BCUT2D eigenvalue weighted by molar-refractivity contribution is 5.97. The molecule has 26 heavy (non-hydrogen) atoms. The lowest BCUT2D eigenvalue weighted by atomic mass is 10.2. The number of carbonyl (C=O) groups is 1. The van der Waals surface area contributed by atoms with Gasteiger partial charge in [0.1, 0.15) is 17.4 Å². The second kappa shape index (κ2) is 6.18. The summed E-state index contributed by atoms with van der Waals surface area (Å²) < 4.78 is 6.46. The molecule has 132 valence electrons. The quantitative estimate of drug-likeness (QED) is 0.782. The zero-order valence-electron chi connectivity index (χ0n) is 14.3. The average molecular weight is 350 g/mol. The van der Waals surface area contributed by atoms with Crippen LogP contribution in [0.25, 0.3) is 11.5 Å². The highest BCUT2D eigenvalue weighted by Crippen LogP contribution is 2.29. The van der Waals surface area contributed by atoms with E-state index in [1.54, 1.807) is 24.0 Å². The molecule has 7 heteroatoms. The van der Waals surface area contributed by atoms with Gasteiger partial charge in [-0.25, -0.2) is 4.68 Å². The Balaban J connectivity index is 1.71. The van der Waals surface area contributed by atoms with Crippen LogP contribution in [-0.4, -0.2) is 22.2 Å². The predicted octanol–water partition coefficient (Wildman–Crippen LogP) is 2.24. The highest BCUT2D eigenvalue weighted by Gasteiger charge is 2.30. The topological polar surface area (TPSA) is 94.4 Å². The van der Waals surface area contributed by atoms with E-state index in [2.05, 4.69) is 5.10 Å². The van der Waals surface area contributed by atoms with E-state index in [0.717, 1.165) is 22.4 Å². The number of hydrogen-bond donors (Lipinski definition) is 1. The van der Waals surface area contributed by atoms with Crippen LogP contribution in [-0.2, 0) is 11.2 Å². The molecule has 4 rings (SSSR count). The van der Waals surface area contributed by atoms with Gasteiger partial charge in [-0.2, -0.15) is 5.10 Å². The maximum absolute atomic E-state index is 13.0. The smallest absolute Gasteiger partial charge is 0.290 e. The first-order chi connectivity index (χ1) is 12.6. The zero-order valence-corrected chi connectivity index (χ0v) is 14.3. The molecule has 2 aromatic heterocycles. The third kappa shape index (κ3) is 2.57. The number of aromatic nitrogens is 2. The van der Waals surface area contributed by atoms with Gasteiger partial charge in [0.15, 0.2) is 5.76 Å². The Kier molecular flexibility index (Phi) is 3.84. The first-order valence-corrected chi connectivity index (χ1v) is 8.39. The number of nitrogens with two attached hydrogens (primary N) is 1. The van der Waals surface area contributed by atoms with Gasteiger partial charge >= 0.3 is 0 Å². The minimum Gasteiger partial charge on any atom is -0.463 e. The first kappa shape index (κ1) is 16.1. The lowest BCUT2D eigenvalue weighted by molar-refractivity contribution is -0.121. The van der Waals surface area contributed by atoms with Crippen LogP contribution in [0.4, 0.5) is 11.4 Å². The van der Waals surface area contributed by atoms with Crippen LogP contribution in [0.3, 0.4) is 0 Å². The fraction of sp³-hybridized carbons (Fsp3) is 0.211. The zero-order chi connectivity index (χ0) is 18.3. The Morgan fingerprint density at radius 3 is 2.85 bits per heavy atom. The van der Waals surface area contributed by atoms with Gasteiger partial charge in [0.05, 0.1) is 6.26 Å². The molecular formula is C19H18N4O3. The molecule has 0 aliphatic carbocycles. The summed E-state index contributed by atoms with van der Waals surface area (Å²) in [5.41, 5.74) is 7.80. The van der Waals surface area contributed by atoms with Gasteiger partial charge in [0.25, 0.3) is 11.5 Å². The molecule has 1 aliphatic rings. The summed E-state index contributed by atoms with van der Waals surface area (Å²) in [6.07, 6.45) is 2.31. The maximum Gasteiger partial charge on any atom is 0.290 e. The Labute approximate surface area is 149 Å². The van der Waals surface area contributed by atoms with Crippen molar-refractivity contribution >= 4 is 17.3 Å². The molecule has 7 nitrogen and oxygen atoms in total. The molecule has 0 saturated carbocycles. The second-order valence-corrected chi connectivity index (χ2v) is 6.26. The molecule has 3 heterocycles. The number of benzene rings is 1. The molecule has 0 spiro atoms. The number of amides is 1. The van der Waals surface area contributed by atoms with Crippen molar-refractivity contribution in [2.24, 2.45) is 0 Å². The van der Waals surface area contributed by atoms with Crippen molar-refractivity contribution in [2.45, 2.75) is 19.4 Å². The third-order valence-corrected chi connectivity index (χ3v) is 4.61. The summed E-state index contributed by atoms with van der Waals surface area (Å²) in [5.74, 6) is 0.289. The van der Waals surface area contributed by atoms with Gasteiger partial charge < -0.3 is 15.1 Å². The molecule has 0 radical (unpaired) electrons. The number of rotatable bonds is 3. The van der Waals surface area contributed by atoms with Crippen molar-refractivity contribution in [1.82, 2.24) is 9.78 Å². The number of nitrogen functional groups attached to an aromatic ring is 1. The van der Waals surface area contributed by atoms with Crippen molar-refractivity contribution in [1.29, 1.82) is 0 Å². The standard InChI is InChI=1S/C19H18N4O3/c1-12(18(24)22-9-8-13-5-2-3-6-16(13)22)23-19(25)14(20)11-15(21-23)17-7-4-10-26-17/h2-7,10-12H,8-9,20H2,1H3/t12-/m0/s1. The SMILES string of the molecule is C[C@@H](C(=O)N1CCc2ccccc21)n1nc(-c2ccco2)cc(N)c1=O. The lowest BCUT2D eigenvalue weighted by Crippen LogP contribution is -2.40. The van der Waals surface area contributed by atoms with Gasteiger partial charge in [-0.1, -0.05) is 18.2 Å². The van der Waals surface area contributed by atoms with E-state index in [-0.39, 0.29) is 11.6 Å². The molecule has 0 unspecified atom stereocenters. The molecule has 1 aliphatic heterocycles.